The number of carbonyl (C=O) groups excluding carboxylic acids is 1. The summed E-state index contributed by atoms with van der Waals surface area (Å²) in [5, 5.41) is 16.6. The van der Waals surface area contributed by atoms with Crippen LogP contribution >= 0.6 is 34.4 Å². The molecule has 6 rings (SSSR count). The summed E-state index contributed by atoms with van der Waals surface area (Å²) in [6.07, 6.45) is 0. The van der Waals surface area contributed by atoms with Crippen LogP contribution in [0.3, 0.4) is 0 Å². The van der Waals surface area contributed by atoms with Gasteiger partial charge in [0.05, 0.1) is 16.0 Å². The highest BCUT2D eigenvalue weighted by Gasteiger charge is 2.16. The molecule has 0 aliphatic rings. The van der Waals surface area contributed by atoms with E-state index in [9.17, 15) is 4.79 Å². The van der Waals surface area contributed by atoms with Crippen molar-refractivity contribution in [3.63, 3.8) is 0 Å². The molecule has 6 aromatic rings. The number of rotatable bonds is 6. The van der Waals surface area contributed by atoms with Gasteiger partial charge in [0.25, 0.3) is 0 Å². The smallest absolute Gasteiger partial charge is 0.234 e. The highest BCUT2D eigenvalue weighted by molar-refractivity contribution is 7.99. The van der Waals surface area contributed by atoms with Gasteiger partial charge in [0.15, 0.2) is 11.0 Å². The third kappa shape index (κ3) is 4.41. The van der Waals surface area contributed by atoms with Crippen molar-refractivity contribution >= 4 is 66.3 Å². The summed E-state index contributed by atoms with van der Waals surface area (Å²) in [4.78, 5) is 17.3. The van der Waals surface area contributed by atoms with Crippen LogP contribution < -0.4 is 5.32 Å². The molecule has 3 aromatic carbocycles. The largest absolute Gasteiger partial charge is 0.325 e. The van der Waals surface area contributed by atoms with Crippen LogP contribution in [-0.2, 0) is 11.8 Å². The Labute approximate surface area is 220 Å². The van der Waals surface area contributed by atoms with E-state index in [1.165, 1.54) is 26.7 Å². The standard InChI is InChI=1S/C27H21N5OS3/c1-16-7-12-21-23(13-16)36-26(29-21)17-8-10-18(11-9-17)28-24(33)15-35-27-31-30-25(32(27)2)20-14-34-22-6-4-3-5-19(20)22/h3-14H,15H2,1-2H3,(H,28,33). The second-order valence-corrected chi connectivity index (χ2v) is 11.3. The minimum absolute atomic E-state index is 0.0891. The molecule has 1 N–H and O–H groups in total. The maximum absolute atomic E-state index is 12.6. The van der Waals surface area contributed by atoms with Crippen LogP contribution in [0.5, 0.6) is 0 Å². The number of anilines is 1. The van der Waals surface area contributed by atoms with Crippen molar-refractivity contribution in [2.75, 3.05) is 11.1 Å². The van der Waals surface area contributed by atoms with Gasteiger partial charge in [0, 0.05) is 39.3 Å². The number of nitrogens with zero attached hydrogens (tertiary/aromatic N) is 4. The molecule has 3 aromatic heterocycles. The van der Waals surface area contributed by atoms with Crippen molar-refractivity contribution in [3.8, 4) is 22.0 Å². The number of nitrogens with one attached hydrogen (secondary N) is 1. The summed E-state index contributed by atoms with van der Waals surface area (Å²) in [6, 6.07) is 22.4. The molecule has 0 saturated carbocycles. The van der Waals surface area contributed by atoms with E-state index in [-0.39, 0.29) is 11.7 Å². The zero-order valence-electron chi connectivity index (χ0n) is 19.6. The first-order valence-electron chi connectivity index (χ1n) is 11.3. The lowest BCUT2D eigenvalue weighted by molar-refractivity contribution is -0.113. The highest BCUT2D eigenvalue weighted by atomic mass is 32.2. The summed E-state index contributed by atoms with van der Waals surface area (Å²) in [5.74, 6) is 0.958. The molecule has 1 amide bonds. The fourth-order valence-corrected chi connectivity index (χ4v) is 6.72. The molecule has 9 heteroatoms. The number of hydrogen-bond donors (Lipinski definition) is 1. The third-order valence-electron chi connectivity index (χ3n) is 5.85. The molecule has 0 unspecified atom stereocenters. The summed E-state index contributed by atoms with van der Waals surface area (Å²) >= 11 is 4.74. The Morgan fingerprint density at radius 1 is 1.03 bits per heavy atom. The Hall–Kier alpha value is -3.53. The number of aryl methyl sites for hydroxylation is 1. The fourth-order valence-electron chi connectivity index (χ4n) is 4.00. The first kappa shape index (κ1) is 22.9. The highest BCUT2D eigenvalue weighted by Crippen LogP contribution is 2.34. The Balaban J connectivity index is 1.10. The number of aromatic nitrogens is 4. The summed E-state index contributed by atoms with van der Waals surface area (Å²) in [6.45, 7) is 2.09. The molecule has 0 aliphatic carbocycles. The van der Waals surface area contributed by atoms with E-state index in [0.717, 1.165) is 38.5 Å². The average molecular weight is 528 g/mol. The van der Waals surface area contributed by atoms with E-state index in [4.69, 9.17) is 4.98 Å². The summed E-state index contributed by atoms with van der Waals surface area (Å²) in [5.41, 5.74) is 5.09. The molecule has 178 valence electrons. The second kappa shape index (κ2) is 9.50. The van der Waals surface area contributed by atoms with Gasteiger partial charge in [-0.2, -0.15) is 0 Å². The van der Waals surface area contributed by atoms with Crippen molar-refractivity contribution in [1.29, 1.82) is 0 Å². The van der Waals surface area contributed by atoms with Crippen LogP contribution in [0, 0.1) is 6.92 Å². The van der Waals surface area contributed by atoms with Crippen LogP contribution in [0.25, 0.3) is 42.3 Å². The van der Waals surface area contributed by atoms with E-state index in [1.807, 2.05) is 48.0 Å². The Bertz CT molecular complexity index is 1720. The quantitative estimate of drug-likeness (QED) is 0.236. The van der Waals surface area contributed by atoms with Crippen LogP contribution in [0.2, 0.25) is 0 Å². The summed E-state index contributed by atoms with van der Waals surface area (Å²) in [7, 11) is 1.93. The average Bonchev–Trinajstić information content (AvgIpc) is 3.59. The van der Waals surface area contributed by atoms with Crippen LogP contribution in [0.4, 0.5) is 5.69 Å². The van der Waals surface area contributed by atoms with Crippen LogP contribution in [0.1, 0.15) is 5.56 Å². The van der Waals surface area contributed by atoms with E-state index < -0.39 is 0 Å². The van der Waals surface area contributed by atoms with Gasteiger partial charge in [-0.1, -0.05) is 36.0 Å². The summed E-state index contributed by atoms with van der Waals surface area (Å²) < 4.78 is 4.34. The van der Waals surface area contributed by atoms with Gasteiger partial charge >= 0.3 is 0 Å². The lowest BCUT2D eigenvalue weighted by atomic mass is 10.2. The molecule has 36 heavy (non-hydrogen) atoms. The Morgan fingerprint density at radius 3 is 2.72 bits per heavy atom. The number of thiazole rings is 1. The SMILES string of the molecule is Cc1ccc2nc(-c3ccc(NC(=O)CSc4nnc(-c5csc6ccccc56)n4C)cc3)sc2c1. The molecule has 0 atom stereocenters. The van der Waals surface area contributed by atoms with Crippen LogP contribution in [0.15, 0.2) is 77.3 Å². The zero-order chi connectivity index (χ0) is 24.6. The lowest BCUT2D eigenvalue weighted by Gasteiger charge is -2.06. The Morgan fingerprint density at radius 2 is 1.86 bits per heavy atom. The molecular formula is C27H21N5OS3. The van der Waals surface area contributed by atoms with Crippen molar-refractivity contribution in [2.45, 2.75) is 12.1 Å². The molecule has 0 saturated heterocycles. The molecule has 6 nitrogen and oxygen atoms in total. The second-order valence-electron chi connectivity index (χ2n) is 8.42. The molecule has 0 aliphatic heterocycles. The number of benzene rings is 3. The normalized spacial score (nSPS) is 11.4. The molecular weight excluding hydrogens is 507 g/mol. The molecule has 3 heterocycles. The predicted octanol–water partition coefficient (Wildman–Crippen LogP) is 7.01. The van der Waals surface area contributed by atoms with Crippen molar-refractivity contribution in [3.05, 3.63) is 77.7 Å². The maximum atomic E-state index is 12.6. The number of thiophene rings is 1. The number of carbonyl (C=O) groups is 1. The minimum Gasteiger partial charge on any atom is -0.325 e. The fraction of sp³-hybridized carbons (Fsp3) is 0.111. The molecule has 0 bridgehead atoms. The monoisotopic (exact) mass is 527 g/mol. The maximum Gasteiger partial charge on any atom is 0.234 e. The molecule has 0 radical (unpaired) electrons. The van der Waals surface area contributed by atoms with Gasteiger partial charge in [0.1, 0.15) is 5.01 Å². The molecule has 0 fully saturated rings. The van der Waals surface area contributed by atoms with Crippen LogP contribution in [-0.4, -0.2) is 31.4 Å². The van der Waals surface area contributed by atoms with Crippen molar-refractivity contribution in [1.82, 2.24) is 19.7 Å². The third-order valence-corrected chi connectivity index (χ3v) is 8.90. The number of thioether (sulfide) groups is 1. The van der Waals surface area contributed by atoms with E-state index in [0.29, 0.717) is 5.16 Å². The van der Waals surface area contributed by atoms with Gasteiger partial charge in [0.2, 0.25) is 5.91 Å². The van der Waals surface area contributed by atoms with Gasteiger partial charge in [-0.15, -0.1) is 32.9 Å². The minimum atomic E-state index is -0.0891. The lowest BCUT2D eigenvalue weighted by Crippen LogP contribution is -2.14. The zero-order valence-corrected chi connectivity index (χ0v) is 22.0. The van der Waals surface area contributed by atoms with Gasteiger partial charge < -0.3 is 9.88 Å². The van der Waals surface area contributed by atoms with E-state index in [1.54, 1.807) is 22.7 Å². The van der Waals surface area contributed by atoms with Crippen molar-refractivity contribution < 1.29 is 4.79 Å². The first-order chi connectivity index (χ1) is 17.5. The van der Waals surface area contributed by atoms with Gasteiger partial charge in [-0.05, 0) is 55.0 Å². The predicted molar refractivity (Wildman–Crippen MR) is 151 cm³/mol. The Kier molecular flexibility index (Phi) is 6.04. The van der Waals surface area contributed by atoms with Gasteiger partial charge in [-0.25, -0.2) is 4.98 Å². The topological polar surface area (TPSA) is 72.7 Å². The van der Waals surface area contributed by atoms with E-state index in [2.05, 4.69) is 58.1 Å². The van der Waals surface area contributed by atoms with E-state index >= 15 is 0 Å². The van der Waals surface area contributed by atoms with Crippen molar-refractivity contribution in [2.24, 2.45) is 7.05 Å². The first-order valence-corrected chi connectivity index (χ1v) is 14.0. The number of hydrogen-bond acceptors (Lipinski definition) is 7. The molecule has 0 spiro atoms. The number of amides is 1. The number of fused-ring (bicyclic) bond motifs is 2. The van der Waals surface area contributed by atoms with Gasteiger partial charge in [-0.3, -0.25) is 4.79 Å².